The highest BCUT2D eigenvalue weighted by Gasteiger charge is 2.26. The third-order valence-electron chi connectivity index (χ3n) is 3.45. The zero-order chi connectivity index (χ0) is 12.7. The Morgan fingerprint density at radius 1 is 1.33 bits per heavy atom. The molecular formula is C13H28ClN3O. The quantitative estimate of drug-likeness (QED) is 0.774. The van der Waals surface area contributed by atoms with Crippen molar-refractivity contribution in [2.24, 2.45) is 5.73 Å². The van der Waals surface area contributed by atoms with Gasteiger partial charge in [-0.15, -0.1) is 12.4 Å². The lowest BCUT2D eigenvalue weighted by Gasteiger charge is -2.28. The normalized spacial score (nSPS) is 19.7. The van der Waals surface area contributed by atoms with E-state index in [1.165, 1.54) is 32.4 Å². The highest BCUT2D eigenvalue weighted by Crippen LogP contribution is 2.09. The molecule has 0 aromatic heterocycles. The van der Waals surface area contributed by atoms with Gasteiger partial charge in [-0.25, -0.2) is 0 Å². The van der Waals surface area contributed by atoms with Crippen molar-refractivity contribution in [3.05, 3.63) is 0 Å². The Kier molecular flexibility index (Phi) is 8.57. The van der Waals surface area contributed by atoms with E-state index in [2.05, 4.69) is 10.2 Å². The summed E-state index contributed by atoms with van der Waals surface area (Å²) in [6.07, 6.45) is 5.60. The molecule has 0 spiro atoms. The number of hydrogen-bond acceptors (Lipinski definition) is 3. The van der Waals surface area contributed by atoms with Crippen LogP contribution in [0.4, 0.5) is 0 Å². The summed E-state index contributed by atoms with van der Waals surface area (Å²) < 4.78 is 0. The second kappa shape index (κ2) is 8.73. The lowest BCUT2D eigenvalue weighted by molar-refractivity contribution is -0.126. The van der Waals surface area contributed by atoms with Gasteiger partial charge < -0.3 is 16.0 Å². The molecule has 1 rings (SSSR count). The number of amides is 1. The Balaban J connectivity index is 0.00000289. The first-order valence-corrected chi connectivity index (χ1v) is 6.86. The zero-order valence-corrected chi connectivity index (χ0v) is 12.5. The molecule has 0 aliphatic carbocycles. The van der Waals surface area contributed by atoms with Crippen LogP contribution in [-0.4, -0.2) is 42.5 Å². The number of hydrogen-bond donors (Lipinski definition) is 2. The molecule has 1 fully saturated rings. The molecular weight excluding hydrogens is 250 g/mol. The maximum atomic E-state index is 11.8. The molecule has 1 aliphatic heterocycles. The Morgan fingerprint density at radius 2 is 1.94 bits per heavy atom. The number of carbonyl (C=O) groups excluding carboxylic acids is 1. The Bertz CT molecular complexity index is 240. The van der Waals surface area contributed by atoms with E-state index in [1.807, 2.05) is 13.8 Å². The van der Waals surface area contributed by atoms with Crippen LogP contribution in [0, 0.1) is 0 Å². The number of nitrogens with two attached hydrogens (primary N) is 1. The second-order valence-corrected chi connectivity index (χ2v) is 5.33. The minimum Gasteiger partial charge on any atom is -0.353 e. The largest absolute Gasteiger partial charge is 0.353 e. The van der Waals surface area contributed by atoms with E-state index in [0.717, 1.165) is 25.9 Å². The summed E-state index contributed by atoms with van der Waals surface area (Å²) in [7, 11) is 0. The molecule has 0 saturated carbocycles. The van der Waals surface area contributed by atoms with Crippen LogP contribution in [0.2, 0.25) is 0 Å². The smallest absolute Gasteiger partial charge is 0.239 e. The van der Waals surface area contributed by atoms with Gasteiger partial charge in [-0.2, -0.15) is 0 Å². The van der Waals surface area contributed by atoms with Crippen molar-refractivity contribution in [1.29, 1.82) is 0 Å². The minimum absolute atomic E-state index is 0. The van der Waals surface area contributed by atoms with Crippen molar-refractivity contribution < 1.29 is 4.79 Å². The first-order valence-electron chi connectivity index (χ1n) is 6.86. The predicted molar refractivity (Wildman–Crippen MR) is 78.0 cm³/mol. The lowest BCUT2D eigenvalue weighted by Crippen LogP contribution is -2.52. The number of nitrogens with zero attached hydrogens (tertiary/aromatic N) is 1. The van der Waals surface area contributed by atoms with E-state index in [-0.39, 0.29) is 18.3 Å². The summed E-state index contributed by atoms with van der Waals surface area (Å²) in [5, 5.41) is 2.95. The zero-order valence-electron chi connectivity index (χ0n) is 11.7. The Hall–Kier alpha value is -0.320. The second-order valence-electron chi connectivity index (χ2n) is 5.33. The summed E-state index contributed by atoms with van der Waals surface area (Å²) in [5.41, 5.74) is 5.25. The van der Waals surface area contributed by atoms with Gasteiger partial charge in [-0.3, -0.25) is 4.79 Å². The van der Waals surface area contributed by atoms with Crippen molar-refractivity contribution in [2.75, 3.05) is 26.2 Å². The average molecular weight is 278 g/mol. The molecule has 1 heterocycles. The molecule has 1 atom stereocenters. The number of halogens is 1. The monoisotopic (exact) mass is 277 g/mol. The van der Waals surface area contributed by atoms with Gasteiger partial charge in [0.2, 0.25) is 5.91 Å². The third-order valence-corrected chi connectivity index (χ3v) is 3.45. The van der Waals surface area contributed by atoms with Crippen LogP contribution in [0.3, 0.4) is 0 Å². The molecule has 1 aliphatic rings. The summed E-state index contributed by atoms with van der Waals surface area (Å²) in [5.74, 6) is -0.0173. The molecule has 4 nitrogen and oxygen atoms in total. The number of nitrogens with one attached hydrogen (secondary N) is 1. The number of piperidine rings is 1. The van der Waals surface area contributed by atoms with Gasteiger partial charge in [0.1, 0.15) is 0 Å². The molecule has 1 amide bonds. The molecule has 5 heteroatoms. The van der Waals surface area contributed by atoms with Crippen molar-refractivity contribution in [2.45, 2.75) is 51.5 Å². The maximum absolute atomic E-state index is 11.8. The molecule has 1 saturated heterocycles. The highest BCUT2D eigenvalue weighted by molar-refractivity contribution is 5.85. The first kappa shape index (κ1) is 17.7. The molecule has 0 aromatic rings. The third kappa shape index (κ3) is 6.03. The first-order chi connectivity index (χ1) is 8.06. The number of likely N-dealkylation sites (tertiary alicyclic amines) is 1. The van der Waals surface area contributed by atoms with Gasteiger partial charge in [0.25, 0.3) is 0 Å². The van der Waals surface area contributed by atoms with Crippen LogP contribution < -0.4 is 11.1 Å². The molecule has 0 bridgehead atoms. The molecule has 108 valence electrons. The molecule has 18 heavy (non-hydrogen) atoms. The predicted octanol–water partition coefficient (Wildman–Crippen LogP) is 1.53. The maximum Gasteiger partial charge on any atom is 0.239 e. The topological polar surface area (TPSA) is 58.4 Å². The Labute approximate surface area is 117 Å². The van der Waals surface area contributed by atoms with Crippen LogP contribution in [0.15, 0.2) is 0 Å². The number of carbonyl (C=O) groups is 1. The van der Waals surface area contributed by atoms with Crippen LogP contribution in [0.1, 0.15) is 46.0 Å². The molecule has 0 aromatic carbocycles. The summed E-state index contributed by atoms with van der Waals surface area (Å²) >= 11 is 0. The van der Waals surface area contributed by atoms with E-state index in [9.17, 15) is 4.79 Å². The van der Waals surface area contributed by atoms with Crippen LogP contribution in [0.25, 0.3) is 0 Å². The minimum atomic E-state index is -0.712. The molecule has 0 radical (unpaired) electrons. The lowest BCUT2D eigenvalue weighted by atomic mass is 9.96. The van der Waals surface area contributed by atoms with Crippen LogP contribution >= 0.6 is 12.4 Å². The fraction of sp³-hybridized carbons (Fsp3) is 0.923. The van der Waals surface area contributed by atoms with Crippen LogP contribution in [-0.2, 0) is 4.79 Å². The van der Waals surface area contributed by atoms with Gasteiger partial charge >= 0.3 is 0 Å². The van der Waals surface area contributed by atoms with Crippen molar-refractivity contribution in [1.82, 2.24) is 10.2 Å². The summed E-state index contributed by atoms with van der Waals surface area (Å²) in [6, 6.07) is 0. The van der Waals surface area contributed by atoms with E-state index in [0.29, 0.717) is 0 Å². The van der Waals surface area contributed by atoms with Crippen molar-refractivity contribution in [3.63, 3.8) is 0 Å². The highest BCUT2D eigenvalue weighted by atomic mass is 35.5. The van der Waals surface area contributed by atoms with Gasteiger partial charge in [-0.05, 0) is 39.3 Å². The van der Waals surface area contributed by atoms with Crippen molar-refractivity contribution >= 4 is 18.3 Å². The summed E-state index contributed by atoms with van der Waals surface area (Å²) in [6.45, 7) is 7.87. The van der Waals surface area contributed by atoms with Crippen LogP contribution in [0.5, 0.6) is 0 Å². The summed E-state index contributed by atoms with van der Waals surface area (Å²) in [4.78, 5) is 14.3. The van der Waals surface area contributed by atoms with Gasteiger partial charge in [0, 0.05) is 13.1 Å². The SMILES string of the molecule is CCCC(C)(N)C(=O)NCCN1CCCCC1.Cl. The number of rotatable bonds is 6. The molecule has 3 N–H and O–H groups in total. The fourth-order valence-corrected chi connectivity index (χ4v) is 2.35. The average Bonchev–Trinajstić information content (AvgIpc) is 2.30. The standard InChI is InChI=1S/C13H27N3O.ClH/c1-3-7-13(2,14)12(17)15-8-11-16-9-5-4-6-10-16;/h3-11,14H2,1-2H3,(H,15,17);1H. The van der Waals surface area contributed by atoms with Gasteiger partial charge in [0.05, 0.1) is 5.54 Å². The van der Waals surface area contributed by atoms with Gasteiger partial charge in [0.15, 0.2) is 0 Å². The van der Waals surface area contributed by atoms with Crippen molar-refractivity contribution in [3.8, 4) is 0 Å². The fourth-order valence-electron chi connectivity index (χ4n) is 2.35. The molecule has 1 unspecified atom stereocenters. The van der Waals surface area contributed by atoms with E-state index in [1.54, 1.807) is 0 Å². The van der Waals surface area contributed by atoms with E-state index >= 15 is 0 Å². The Morgan fingerprint density at radius 3 is 2.50 bits per heavy atom. The van der Waals surface area contributed by atoms with E-state index < -0.39 is 5.54 Å². The van der Waals surface area contributed by atoms with E-state index in [4.69, 9.17) is 5.73 Å². The van der Waals surface area contributed by atoms with Gasteiger partial charge in [-0.1, -0.05) is 19.8 Å².